The molecule has 1 heterocycles. The first-order valence-electron chi connectivity index (χ1n) is 9.15. The molecule has 1 aromatic heterocycles. The molecule has 0 aliphatic carbocycles. The molecule has 0 unspecified atom stereocenters. The highest BCUT2D eigenvalue weighted by Gasteiger charge is 2.41. The Morgan fingerprint density at radius 2 is 1.46 bits per heavy atom. The fourth-order valence-corrected chi connectivity index (χ4v) is 9.17. The van der Waals surface area contributed by atoms with Crippen LogP contribution in [0.4, 0.5) is 0 Å². The van der Waals surface area contributed by atoms with Crippen LogP contribution in [0, 0.1) is 11.5 Å². The molecule has 0 radical (unpaired) electrons. The summed E-state index contributed by atoms with van der Waals surface area (Å²) in [6.07, 6.45) is 0. The van der Waals surface area contributed by atoms with Gasteiger partial charge in [-0.25, -0.2) is 4.79 Å². The summed E-state index contributed by atoms with van der Waals surface area (Å²) in [7, 11) is -1.74. The molecule has 0 atom stereocenters. The molecule has 0 amide bonds. The predicted molar refractivity (Wildman–Crippen MR) is 109 cm³/mol. The van der Waals surface area contributed by atoms with E-state index in [1.807, 2.05) is 24.3 Å². The Morgan fingerprint density at radius 3 is 1.88 bits per heavy atom. The first-order valence-corrected chi connectivity index (χ1v) is 11.4. The highest BCUT2D eigenvalue weighted by atomic mass is 28.3. The highest BCUT2D eigenvalue weighted by molar-refractivity contribution is 6.90. The van der Waals surface area contributed by atoms with Gasteiger partial charge in [-0.05, 0) is 40.9 Å². The number of aromatic carboxylic acids is 1. The van der Waals surface area contributed by atoms with Crippen LogP contribution in [0.25, 0.3) is 11.3 Å². The number of carboxylic acid groups (broad SMARTS) is 1. The summed E-state index contributed by atoms with van der Waals surface area (Å²) in [6, 6.07) is 11.0. The fraction of sp³-hybridized carbons (Fsp3) is 0.409. The largest absolute Gasteiger partial charge is 0.475 e. The molecule has 0 aliphatic rings. The van der Waals surface area contributed by atoms with Crippen molar-refractivity contribution in [3.05, 3.63) is 47.7 Å². The molecule has 3 nitrogen and oxygen atoms in total. The summed E-state index contributed by atoms with van der Waals surface area (Å²) < 4.78 is 5.35. The number of furan rings is 1. The summed E-state index contributed by atoms with van der Waals surface area (Å²) in [5.41, 5.74) is 7.36. The van der Waals surface area contributed by atoms with Crippen LogP contribution in [0.1, 0.15) is 57.7 Å². The minimum Gasteiger partial charge on any atom is -0.475 e. The van der Waals surface area contributed by atoms with Gasteiger partial charge in [0, 0.05) is 11.1 Å². The van der Waals surface area contributed by atoms with Crippen molar-refractivity contribution in [3.63, 3.8) is 0 Å². The van der Waals surface area contributed by atoms with Crippen LogP contribution in [-0.2, 0) is 0 Å². The zero-order valence-electron chi connectivity index (χ0n) is 16.5. The van der Waals surface area contributed by atoms with Gasteiger partial charge in [-0.15, -0.1) is 5.54 Å². The number of rotatable bonds is 5. The normalized spacial score (nSPS) is 11.7. The van der Waals surface area contributed by atoms with Gasteiger partial charge in [0.25, 0.3) is 0 Å². The van der Waals surface area contributed by atoms with E-state index >= 15 is 0 Å². The maximum absolute atomic E-state index is 10.9. The van der Waals surface area contributed by atoms with E-state index in [4.69, 9.17) is 9.52 Å². The smallest absolute Gasteiger partial charge is 0.371 e. The zero-order valence-corrected chi connectivity index (χ0v) is 17.5. The second kappa shape index (κ2) is 7.97. The van der Waals surface area contributed by atoms with Crippen molar-refractivity contribution >= 4 is 14.0 Å². The minimum atomic E-state index is -1.74. The van der Waals surface area contributed by atoms with Gasteiger partial charge in [-0.3, -0.25) is 0 Å². The second-order valence-electron chi connectivity index (χ2n) is 7.69. The molecular formula is C22H28O3Si. The lowest BCUT2D eigenvalue weighted by Gasteiger charge is -2.38. The molecule has 1 N–H and O–H groups in total. The number of hydrogen-bond acceptors (Lipinski definition) is 2. The van der Waals surface area contributed by atoms with Gasteiger partial charge in [0.05, 0.1) is 0 Å². The van der Waals surface area contributed by atoms with Gasteiger partial charge in [-0.1, -0.05) is 59.6 Å². The standard InChI is InChI=1S/C22H28O3Si/c1-15(2)26(16(3)4,17(5)6)14-13-18-7-9-19(10-8-18)20-11-12-21(25-20)22(23)24/h7-12,15-17H,1-6H3,(H,23,24). The van der Waals surface area contributed by atoms with E-state index in [9.17, 15) is 4.79 Å². The molecule has 0 saturated carbocycles. The molecular weight excluding hydrogens is 340 g/mol. The van der Waals surface area contributed by atoms with E-state index in [1.54, 1.807) is 6.07 Å². The van der Waals surface area contributed by atoms with Gasteiger partial charge in [0.1, 0.15) is 13.8 Å². The second-order valence-corrected chi connectivity index (χ2v) is 13.3. The van der Waals surface area contributed by atoms with Gasteiger partial charge in [0.15, 0.2) is 0 Å². The monoisotopic (exact) mass is 368 g/mol. The molecule has 0 fully saturated rings. The van der Waals surface area contributed by atoms with Gasteiger partial charge in [0.2, 0.25) is 5.76 Å². The van der Waals surface area contributed by atoms with E-state index in [-0.39, 0.29) is 5.76 Å². The SMILES string of the molecule is CC(C)[Si](C#Cc1ccc(-c2ccc(C(=O)O)o2)cc1)(C(C)C)C(C)C. The zero-order chi connectivity index (χ0) is 19.5. The molecule has 1 aromatic carbocycles. The summed E-state index contributed by atoms with van der Waals surface area (Å²) in [4.78, 5) is 10.9. The third-order valence-corrected chi connectivity index (χ3v) is 11.6. The van der Waals surface area contributed by atoms with E-state index in [0.29, 0.717) is 22.4 Å². The summed E-state index contributed by atoms with van der Waals surface area (Å²) in [6.45, 7) is 13.8. The summed E-state index contributed by atoms with van der Waals surface area (Å²) >= 11 is 0. The fourth-order valence-electron chi connectivity index (χ4n) is 3.94. The van der Waals surface area contributed by atoms with Crippen molar-refractivity contribution in [2.24, 2.45) is 0 Å². The lowest BCUT2D eigenvalue weighted by molar-refractivity contribution is 0.0663. The van der Waals surface area contributed by atoms with E-state index in [2.05, 4.69) is 53.0 Å². The van der Waals surface area contributed by atoms with Crippen LogP contribution in [0.5, 0.6) is 0 Å². The molecule has 138 valence electrons. The lowest BCUT2D eigenvalue weighted by Crippen LogP contribution is -2.43. The lowest BCUT2D eigenvalue weighted by atomic mass is 10.1. The van der Waals surface area contributed by atoms with Gasteiger partial charge < -0.3 is 9.52 Å². The van der Waals surface area contributed by atoms with Crippen LogP contribution in [0.3, 0.4) is 0 Å². The van der Waals surface area contributed by atoms with Crippen molar-refractivity contribution in [3.8, 4) is 22.8 Å². The molecule has 0 saturated heterocycles. The average molecular weight is 369 g/mol. The van der Waals surface area contributed by atoms with E-state index < -0.39 is 14.0 Å². The summed E-state index contributed by atoms with van der Waals surface area (Å²) in [5, 5.41) is 8.96. The van der Waals surface area contributed by atoms with Gasteiger partial charge in [-0.2, -0.15) is 0 Å². The number of carbonyl (C=O) groups is 1. The maximum atomic E-state index is 10.9. The molecule has 0 spiro atoms. The molecule has 4 heteroatoms. The first kappa shape index (κ1) is 20.1. The number of hydrogen-bond donors (Lipinski definition) is 1. The quantitative estimate of drug-likeness (QED) is 0.504. The third-order valence-electron chi connectivity index (χ3n) is 5.28. The Bertz CT molecular complexity index is 795. The Hall–Kier alpha value is -2.25. The van der Waals surface area contributed by atoms with Crippen molar-refractivity contribution < 1.29 is 14.3 Å². The molecule has 2 aromatic rings. The maximum Gasteiger partial charge on any atom is 0.371 e. The van der Waals surface area contributed by atoms with Gasteiger partial charge >= 0.3 is 5.97 Å². The van der Waals surface area contributed by atoms with Crippen LogP contribution in [0.2, 0.25) is 16.6 Å². The predicted octanol–water partition coefficient (Wildman–Crippen LogP) is 6.21. The number of benzene rings is 1. The molecule has 0 bridgehead atoms. The van der Waals surface area contributed by atoms with Crippen molar-refractivity contribution in [2.45, 2.75) is 58.2 Å². The average Bonchev–Trinajstić information content (AvgIpc) is 3.05. The van der Waals surface area contributed by atoms with Crippen molar-refractivity contribution in [2.75, 3.05) is 0 Å². The summed E-state index contributed by atoms with van der Waals surface area (Å²) in [5.74, 6) is 2.86. The van der Waals surface area contributed by atoms with E-state index in [0.717, 1.165) is 11.1 Å². The topological polar surface area (TPSA) is 50.4 Å². The van der Waals surface area contributed by atoms with Crippen LogP contribution >= 0.6 is 0 Å². The number of carboxylic acids is 1. The van der Waals surface area contributed by atoms with Crippen LogP contribution in [0.15, 0.2) is 40.8 Å². The first-order chi connectivity index (χ1) is 12.2. The molecule has 2 rings (SSSR count). The van der Waals surface area contributed by atoms with Crippen molar-refractivity contribution in [1.29, 1.82) is 0 Å². The minimum absolute atomic E-state index is 0.0505. The van der Waals surface area contributed by atoms with Crippen molar-refractivity contribution in [1.82, 2.24) is 0 Å². The Labute approximate surface area is 157 Å². The molecule has 0 aliphatic heterocycles. The Kier molecular flexibility index (Phi) is 6.15. The Morgan fingerprint density at radius 1 is 0.923 bits per heavy atom. The van der Waals surface area contributed by atoms with Crippen LogP contribution < -0.4 is 0 Å². The van der Waals surface area contributed by atoms with Crippen LogP contribution in [-0.4, -0.2) is 19.1 Å². The third kappa shape index (κ3) is 3.94. The molecule has 26 heavy (non-hydrogen) atoms. The highest BCUT2D eigenvalue weighted by Crippen LogP contribution is 2.40. The van der Waals surface area contributed by atoms with E-state index in [1.165, 1.54) is 6.07 Å². The Balaban J connectivity index is 2.31.